The zero-order valence-corrected chi connectivity index (χ0v) is 17.8. The summed E-state index contributed by atoms with van der Waals surface area (Å²) >= 11 is 12.9. The molecule has 0 atom stereocenters. The molecule has 0 bridgehead atoms. The van der Waals surface area contributed by atoms with Crippen molar-refractivity contribution in [3.8, 4) is 5.75 Å². The third-order valence-electron chi connectivity index (χ3n) is 3.42. The average molecular weight is 483 g/mol. The third-order valence-corrected chi connectivity index (χ3v) is 4.80. The van der Waals surface area contributed by atoms with E-state index in [1.807, 2.05) is 67.6 Å². The van der Waals surface area contributed by atoms with Crippen LogP contribution in [0, 0.1) is 6.92 Å². The summed E-state index contributed by atoms with van der Waals surface area (Å²) in [4.78, 5) is 0. The Kier molecular flexibility index (Phi) is 8.53. The molecule has 25 heavy (non-hydrogen) atoms. The Morgan fingerprint density at radius 2 is 1.44 bits per heavy atom. The highest BCUT2D eigenvalue weighted by atomic mass is 79.9. The van der Waals surface area contributed by atoms with Crippen LogP contribution in [-0.4, -0.2) is 0 Å². The lowest BCUT2D eigenvalue weighted by Crippen LogP contribution is -1.97. The van der Waals surface area contributed by atoms with Crippen molar-refractivity contribution >= 4 is 43.5 Å². The van der Waals surface area contributed by atoms with Gasteiger partial charge in [0, 0.05) is 9.80 Å². The average Bonchev–Trinajstić information content (AvgIpc) is 2.63. The van der Waals surface area contributed by atoms with Crippen LogP contribution in [0.3, 0.4) is 0 Å². The van der Waals surface area contributed by atoms with E-state index in [0.717, 1.165) is 26.7 Å². The molecule has 0 aliphatic heterocycles. The lowest BCUT2D eigenvalue weighted by atomic mass is 10.2. The van der Waals surface area contributed by atoms with E-state index in [1.54, 1.807) is 0 Å². The minimum atomic E-state index is 0.531. The maximum absolute atomic E-state index is 6.15. The SMILES string of the molecule is BrCc1ccccc1.Cc1cc(Br)cc(Cl)c1OCc1ccccc1. The van der Waals surface area contributed by atoms with Gasteiger partial charge in [0.15, 0.2) is 0 Å². The second-order valence-electron chi connectivity index (χ2n) is 5.43. The van der Waals surface area contributed by atoms with Crippen molar-refractivity contribution < 1.29 is 4.74 Å². The molecule has 0 heterocycles. The number of aryl methyl sites for hydroxylation is 1. The molecule has 0 spiro atoms. The largest absolute Gasteiger partial charge is 0.487 e. The van der Waals surface area contributed by atoms with Crippen LogP contribution in [0.15, 0.2) is 77.3 Å². The number of ether oxygens (including phenoxy) is 1. The summed E-state index contributed by atoms with van der Waals surface area (Å²) in [5, 5.41) is 1.58. The van der Waals surface area contributed by atoms with Gasteiger partial charge < -0.3 is 4.74 Å². The van der Waals surface area contributed by atoms with E-state index >= 15 is 0 Å². The summed E-state index contributed by atoms with van der Waals surface area (Å²) in [5.74, 6) is 0.749. The molecule has 1 nitrogen and oxygen atoms in total. The Bertz CT molecular complexity index is 753. The van der Waals surface area contributed by atoms with Crippen LogP contribution >= 0.6 is 43.5 Å². The highest BCUT2D eigenvalue weighted by molar-refractivity contribution is 9.10. The first-order valence-electron chi connectivity index (χ1n) is 7.82. The molecule has 3 aromatic carbocycles. The summed E-state index contributed by atoms with van der Waals surface area (Å²) in [6.07, 6.45) is 0. The summed E-state index contributed by atoms with van der Waals surface area (Å²) in [6.45, 7) is 2.51. The highest BCUT2D eigenvalue weighted by Gasteiger charge is 2.07. The fraction of sp³-hybridized carbons (Fsp3) is 0.143. The van der Waals surface area contributed by atoms with Crippen molar-refractivity contribution in [1.29, 1.82) is 0 Å². The number of rotatable bonds is 4. The van der Waals surface area contributed by atoms with Crippen LogP contribution in [0.4, 0.5) is 0 Å². The van der Waals surface area contributed by atoms with Crippen LogP contribution in [0.1, 0.15) is 16.7 Å². The molecule has 0 fully saturated rings. The van der Waals surface area contributed by atoms with Crippen molar-refractivity contribution in [2.75, 3.05) is 0 Å². The monoisotopic (exact) mass is 480 g/mol. The first-order chi connectivity index (χ1) is 12.1. The Hall–Kier alpha value is -1.29. The van der Waals surface area contributed by atoms with Gasteiger partial charge in [0.1, 0.15) is 12.4 Å². The van der Waals surface area contributed by atoms with E-state index in [2.05, 4.69) is 44.0 Å². The molecule has 0 amide bonds. The van der Waals surface area contributed by atoms with Crippen molar-refractivity contribution in [2.24, 2.45) is 0 Å². The molecule has 0 aliphatic carbocycles. The van der Waals surface area contributed by atoms with Gasteiger partial charge in [-0.25, -0.2) is 0 Å². The number of halogens is 3. The molecule has 0 aliphatic rings. The smallest absolute Gasteiger partial charge is 0.141 e. The predicted molar refractivity (Wildman–Crippen MR) is 114 cm³/mol. The molecule has 0 N–H and O–H groups in total. The van der Waals surface area contributed by atoms with Crippen molar-refractivity contribution in [3.05, 3.63) is 99.0 Å². The van der Waals surface area contributed by atoms with E-state index < -0.39 is 0 Å². The summed E-state index contributed by atoms with van der Waals surface area (Å²) in [6, 6.07) is 24.2. The minimum absolute atomic E-state index is 0.531. The van der Waals surface area contributed by atoms with Gasteiger partial charge in [-0.2, -0.15) is 0 Å². The Labute approximate surface area is 171 Å². The van der Waals surface area contributed by atoms with Crippen LogP contribution in [0.25, 0.3) is 0 Å². The third kappa shape index (κ3) is 6.85. The lowest BCUT2D eigenvalue weighted by Gasteiger charge is -2.11. The molecule has 4 heteroatoms. The van der Waals surface area contributed by atoms with Gasteiger partial charge in [-0.3, -0.25) is 0 Å². The van der Waals surface area contributed by atoms with E-state index in [9.17, 15) is 0 Å². The molecule has 0 saturated carbocycles. The number of benzene rings is 3. The van der Waals surface area contributed by atoms with Crippen LogP contribution in [-0.2, 0) is 11.9 Å². The number of hydrogen-bond acceptors (Lipinski definition) is 1. The van der Waals surface area contributed by atoms with Crippen molar-refractivity contribution in [3.63, 3.8) is 0 Å². The highest BCUT2D eigenvalue weighted by Crippen LogP contribution is 2.32. The molecule has 0 aromatic heterocycles. The normalized spacial score (nSPS) is 9.92. The van der Waals surface area contributed by atoms with E-state index in [-0.39, 0.29) is 0 Å². The maximum Gasteiger partial charge on any atom is 0.141 e. The minimum Gasteiger partial charge on any atom is -0.487 e. The van der Waals surface area contributed by atoms with Gasteiger partial charge in [0.2, 0.25) is 0 Å². The van der Waals surface area contributed by atoms with Gasteiger partial charge in [-0.05, 0) is 35.7 Å². The molecular weight excluding hydrogens is 463 g/mol. The summed E-state index contributed by atoms with van der Waals surface area (Å²) < 4.78 is 6.72. The van der Waals surface area contributed by atoms with Crippen LogP contribution in [0.2, 0.25) is 5.02 Å². The lowest BCUT2D eigenvalue weighted by molar-refractivity contribution is 0.304. The summed E-state index contributed by atoms with van der Waals surface area (Å²) in [5.41, 5.74) is 3.48. The standard InChI is InChI=1S/C14H12BrClO.C7H7Br/c1-10-7-12(15)8-13(16)14(10)17-9-11-5-3-2-4-6-11;8-6-7-4-2-1-3-5-7/h2-8H,9H2,1H3;1-5H,6H2. The van der Waals surface area contributed by atoms with Crippen molar-refractivity contribution in [2.45, 2.75) is 18.9 Å². The second kappa shape index (κ2) is 10.6. The van der Waals surface area contributed by atoms with Gasteiger partial charge in [-0.15, -0.1) is 0 Å². The van der Waals surface area contributed by atoms with Gasteiger partial charge in [0.05, 0.1) is 5.02 Å². The Morgan fingerprint density at radius 1 is 0.880 bits per heavy atom. The van der Waals surface area contributed by atoms with E-state index in [0.29, 0.717) is 11.6 Å². The molecule has 3 rings (SSSR count). The fourth-order valence-electron chi connectivity index (χ4n) is 2.17. The maximum atomic E-state index is 6.15. The number of hydrogen-bond donors (Lipinski definition) is 0. The molecule has 3 aromatic rings. The summed E-state index contributed by atoms with van der Waals surface area (Å²) in [7, 11) is 0. The van der Waals surface area contributed by atoms with E-state index in [4.69, 9.17) is 16.3 Å². The first-order valence-corrected chi connectivity index (χ1v) is 10.1. The zero-order chi connectivity index (χ0) is 18.1. The molecule has 130 valence electrons. The van der Waals surface area contributed by atoms with Gasteiger partial charge >= 0.3 is 0 Å². The number of alkyl halides is 1. The molecule has 0 unspecified atom stereocenters. The Morgan fingerprint density at radius 3 is 1.92 bits per heavy atom. The predicted octanol–water partition coefficient (Wildman–Crippen LogP) is 7.57. The van der Waals surface area contributed by atoms with Gasteiger partial charge in [0.25, 0.3) is 0 Å². The quantitative estimate of drug-likeness (QED) is 0.349. The van der Waals surface area contributed by atoms with E-state index in [1.165, 1.54) is 5.56 Å². The zero-order valence-electron chi connectivity index (χ0n) is 13.9. The van der Waals surface area contributed by atoms with Crippen LogP contribution < -0.4 is 4.74 Å². The molecule has 0 radical (unpaired) electrons. The molecular formula is C21H19Br2ClO. The van der Waals surface area contributed by atoms with Crippen LogP contribution in [0.5, 0.6) is 5.75 Å². The topological polar surface area (TPSA) is 9.23 Å². The second-order valence-corrected chi connectivity index (χ2v) is 7.31. The molecule has 0 saturated heterocycles. The van der Waals surface area contributed by atoms with Gasteiger partial charge in [-0.1, -0.05) is 104 Å². The Balaban J connectivity index is 0.000000236. The first kappa shape index (κ1) is 20.0. The van der Waals surface area contributed by atoms with Crippen molar-refractivity contribution in [1.82, 2.24) is 0 Å². The fourth-order valence-corrected chi connectivity index (χ4v) is 3.57.